The Morgan fingerprint density at radius 2 is 1.67 bits per heavy atom. The maximum atomic E-state index is 11.8. The van der Waals surface area contributed by atoms with Crippen LogP contribution in [-0.2, 0) is 10.1 Å². The second kappa shape index (κ2) is 6.44. The van der Waals surface area contributed by atoms with E-state index in [2.05, 4.69) is 0 Å². The summed E-state index contributed by atoms with van der Waals surface area (Å²) in [5, 5.41) is 10.2. The molecule has 0 saturated carbocycles. The zero-order valence-corrected chi connectivity index (χ0v) is 12.3. The third-order valence-electron chi connectivity index (χ3n) is 2.49. The molecule has 4 nitrogen and oxygen atoms in total. The number of hydrogen-bond acceptors (Lipinski definition) is 4. The van der Waals surface area contributed by atoms with E-state index in [1.54, 1.807) is 24.3 Å². The molecule has 0 saturated heterocycles. The van der Waals surface area contributed by atoms with E-state index in [0.29, 0.717) is 16.1 Å². The van der Waals surface area contributed by atoms with Crippen molar-refractivity contribution >= 4 is 27.8 Å². The number of halogens is 1. The van der Waals surface area contributed by atoms with Gasteiger partial charge in [0.1, 0.15) is 5.75 Å². The Kier molecular flexibility index (Phi) is 4.63. The maximum Gasteiger partial charge on any atom is 0.332 e. The van der Waals surface area contributed by atoms with Gasteiger partial charge in [0.15, 0.2) is 0 Å². The Hall–Kier alpha value is -2.29. The Balaban J connectivity index is 2.11. The van der Waals surface area contributed by atoms with Gasteiger partial charge in [-0.1, -0.05) is 23.7 Å². The molecule has 0 atom stereocenters. The van der Waals surface area contributed by atoms with E-state index in [1.807, 2.05) is 6.07 Å². The average Bonchev–Trinajstić information content (AvgIpc) is 2.47. The molecule has 0 radical (unpaired) electrons. The minimum atomic E-state index is -3.86. The van der Waals surface area contributed by atoms with Crippen LogP contribution in [0.4, 0.5) is 0 Å². The third kappa shape index (κ3) is 4.63. The molecule has 0 N–H and O–H groups in total. The van der Waals surface area contributed by atoms with Crippen molar-refractivity contribution in [2.75, 3.05) is 0 Å². The summed E-state index contributed by atoms with van der Waals surface area (Å²) in [4.78, 5) is 0. The first-order valence-electron chi connectivity index (χ1n) is 5.87. The quantitative estimate of drug-likeness (QED) is 0.808. The predicted molar refractivity (Wildman–Crippen MR) is 81.2 cm³/mol. The highest BCUT2D eigenvalue weighted by molar-refractivity contribution is 7.90. The van der Waals surface area contributed by atoms with E-state index in [-0.39, 0.29) is 5.75 Å². The number of rotatable bonds is 4. The summed E-state index contributed by atoms with van der Waals surface area (Å²) in [6.07, 6.45) is 1.41. The van der Waals surface area contributed by atoms with Crippen molar-refractivity contribution in [3.05, 3.63) is 70.1 Å². The molecule has 0 heterocycles. The summed E-state index contributed by atoms with van der Waals surface area (Å²) in [6.45, 7) is 0. The molecule has 0 aromatic heterocycles. The Bertz CT molecular complexity index is 788. The van der Waals surface area contributed by atoms with Gasteiger partial charge in [-0.15, -0.1) is 0 Å². The van der Waals surface area contributed by atoms with Gasteiger partial charge >= 0.3 is 10.1 Å². The maximum absolute atomic E-state index is 11.8. The molecule has 0 spiro atoms. The van der Waals surface area contributed by atoms with Crippen LogP contribution in [0.1, 0.15) is 11.1 Å². The van der Waals surface area contributed by atoms with Crippen LogP contribution in [0.3, 0.4) is 0 Å². The lowest BCUT2D eigenvalue weighted by atomic mass is 10.2. The molecular formula is C15H10ClNO3S. The summed E-state index contributed by atoms with van der Waals surface area (Å²) in [5.41, 5.74) is 1.11. The molecule has 106 valence electrons. The molecule has 0 aliphatic heterocycles. The van der Waals surface area contributed by atoms with Crippen LogP contribution in [0.15, 0.2) is 53.9 Å². The molecule has 0 unspecified atom stereocenters. The van der Waals surface area contributed by atoms with Crippen LogP contribution in [0.25, 0.3) is 6.08 Å². The molecule has 0 aliphatic carbocycles. The lowest BCUT2D eigenvalue weighted by molar-refractivity contribution is 0.497. The van der Waals surface area contributed by atoms with Gasteiger partial charge in [-0.3, -0.25) is 0 Å². The van der Waals surface area contributed by atoms with Crippen LogP contribution in [0, 0.1) is 11.3 Å². The Labute approximate surface area is 128 Å². The number of hydrogen-bond donors (Lipinski definition) is 0. The van der Waals surface area contributed by atoms with E-state index in [4.69, 9.17) is 21.0 Å². The van der Waals surface area contributed by atoms with Crippen molar-refractivity contribution in [2.24, 2.45) is 0 Å². The molecule has 2 rings (SSSR count). The molecule has 6 heteroatoms. The fourth-order valence-corrected chi connectivity index (χ4v) is 2.37. The van der Waals surface area contributed by atoms with Gasteiger partial charge < -0.3 is 4.18 Å². The molecule has 21 heavy (non-hydrogen) atoms. The Morgan fingerprint density at radius 3 is 2.24 bits per heavy atom. The molecule has 0 fully saturated rings. The number of nitrogens with zero attached hydrogens (tertiary/aromatic N) is 1. The van der Waals surface area contributed by atoms with E-state index in [9.17, 15) is 8.42 Å². The average molecular weight is 320 g/mol. The molecular weight excluding hydrogens is 310 g/mol. The fraction of sp³-hybridized carbons (Fsp3) is 0. The zero-order chi connectivity index (χ0) is 15.3. The number of benzene rings is 2. The normalized spacial score (nSPS) is 11.2. The van der Waals surface area contributed by atoms with Crippen molar-refractivity contribution in [1.82, 2.24) is 0 Å². The van der Waals surface area contributed by atoms with Crippen molar-refractivity contribution < 1.29 is 12.6 Å². The zero-order valence-electron chi connectivity index (χ0n) is 10.7. The largest absolute Gasteiger partial charge is 0.379 e. The molecule has 0 amide bonds. The van der Waals surface area contributed by atoms with Gasteiger partial charge in [-0.2, -0.15) is 13.7 Å². The fourth-order valence-electron chi connectivity index (χ4n) is 1.48. The van der Waals surface area contributed by atoms with Crippen molar-refractivity contribution in [1.29, 1.82) is 5.26 Å². The van der Waals surface area contributed by atoms with Gasteiger partial charge in [-0.25, -0.2) is 0 Å². The van der Waals surface area contributed by atoms with Gasteiger partial charge in [0.05, 0.1) is 17.0 Å². The SMILES string of the molecule is N#Cc1ccc(OS(=O)(=O)C=Cc2ccc(Cl)cc2)cc1. The van der Waals surface area contributed by atoms with Gasteiger partial charge in [0.25, 0.3) is 0 Å². The van der Waals surface area contributed by atoms with Gasteiger partial charge in [-0.05, 0) is 48.0 Å². The topological polar surface area (TPSA) is 67.2 Å². The summed E-state index contributed by atoms with van der Waals surface area (Å²) in [6, 6.07) is 14.4. The van der Waals surface area contributed by atoms with Crippen LogP contribution in [0.5, 0.6) is 5.75 Å². The second-order valence-electron chi connectivity index (χ2n) is 4.07. The van der Waals surface area contributed by atoms with E-state index in [0.717, 1.165) is 5.41 Å². The van der Waals surface area contributed by atoms with Crippen LogP contribution in [-0.4, -0.2) is 8.42 Å². The third-order valence-corrected chi connectivity index (χ3v) is 3.64. The molecule has 0 bridgehead atoms. The summed E-state index contributed by atoms with van der Waals surface area (Å²) in [7, 11) is -3.86. The first kappa shape index (κ1) is 15.1. The van der Waals surface area contributed by atoms with Gasteiger partial charge in [0, 0.05) is 5.02 Å². The first-order chi connectivity index (χ1) is 9.98. The van der Waals surface area contributed by atoms with Crippen molar-refractivity contribution in [3.8, 4) is 11.8 Å². The first-order valence-corrected chi connectivity index (χ1v) is 7.72. The van der Waals surface area contributed by atoms with E-state index < -0.39 is 10.1 Å². The minimum Gasteiger partial charge on any atom is -0.379 e. The predicted octanol–water partition coefficient (Wildman–Crippen LogP) is 3.59. The second-order valence-corrected chi connectivity index (χ2v) is 5.93. The molecule has 0 aliphatic rings. The highest BCUT2D eigenvalue weighted by Gasteiger charge is 2.08. The summed E-state index contributed by atoms with van der Waals surface area (Å²) in [5.74, 6) is 0.148. The molecule has 2 aromatic carbocycles. The summed E-state index contributed by atoms with van der Waals surface area (Å²) >= 11 is 5.74. The smallest absolute Gasteiger partial charge is 0.332 e. The van der Waals surface area contributed by atoms with Crippen molar-refractivity contribution in [2.45, 2.75) is 0 Å². The minimum absolute atomic E-state index is 0.148. The van der Waals surface area contributed by atoms with E-state index in [1.165, 1.54) is 30.3 Å². The summed E-state index contributed by atoms with van der Waals surface area (Å²) < 4.78 is 28.5. The van der Waals surface area contributed by atoms with Crippen LogP contribution < -0.4 is 4.18 Å². The van der Waals surface area contributed by atoms with E-state index >= 15 is 0 Å². The van der Waals surface area contributed by atoms with Crippen LogP contribution in [0.2, 0.25) is 5.02 Å². The molecule has 2 aromatic rings. The lowest BCUT2D eigenvalue weighted by Crippen LogP contribution is -2.04. The van der Waals surface area contributed by atoms with Gasteiger partial charge in [0.2, 0.25) is 0 Å². The highest BCUT2D eigenvalue weighted by Crippen LogP contribution is 2.16. The number of nitriles is 1. The standard InChI is InChI=1S/C15H10ClNO3S/c16-14-5-1-12(2-6-14)9-10-21(18,19)20-15-7-3-13(11-17)4-8-15/h1-10H. The highest BCUT2D eigenvalue weighted by atomic mass is 35.5. The van der Waals surface area contributed by atoms with Crippen LogP contribution >= 0.6 is 11.6 Å². The lowest BCUT2D eigenvalue weighted by Gasteiger charge is -2.03. The Morgan fingerprint density at radius 1 is 1.05 bits per heavy atom. The van der Waals surface area contributed by atoms with Crippen molar-refractivity contribution in [3.63, 3.8) is 0 Å². The monoisotopic (exact) mass is 319 g/mol.